The Morgan fingerprint density at radius 1 is 1.44 bits per heavy atom. The van der Waals surface area contributed by atoms with Crippen LogP contribution in [0.15, 0.2) is 4.52 Å². The highest BCUT2D eigenvalue weighted by molar-refractivity contribution is 7.98. The second-order valence-corrected chi connectivity index (χ2v) is 6.16. The van der Waals surface area contributed by atoms with Crippen molar-refractivity contribution in [1.82, 2.24) is 10.1 Å². The average molecular weight is 243 g/mol. The minimum atomic E-state index is -0.131. The summed E-state index contributed by atoms with van der Waals surface area (Å²) in [5.74, 6) is 2.33. The highest BCUT2D eigenvalue weighted by atomic mass is 32.2. The summed E-state index contributed by atoms with van der Waals surface area (Å²) in [6, 6.07) is -0.131. The number of thioether (sulfide) groups is 1. The lowest BCUT2D eigenvalue weighted by atomic mass is 9.92. The lowest BCUT2D eigenvalue weighted by Crippen LogP contribution is -2.13. The number of hydrogen-bond donors (Lipinski definition) is 1. The summed E-state index contributed by atoms with van der Waals surface area (Å²) in [6.45, 7) is 6.45. The van der Waals surface area contributed by atoms with Gasteiger partial charge in [0.05, 0.1) is 6.04 Å². The van der Waals surface area contributed by atoms with E-state index in [1.54, 1.807) is 11.8 Å². The van der Waals surface area contributed by atoms with Crippen molar-refractivity contribution < 1.29 is 4.52 Å². The van der Waals surface area contributed by atoms with Crippen LogP contribution in [0.25, 0.3) is 0 Å². The predicted octanol–water partition coefficient (Wildman–Crippen LogP) is 2.41. The molecule has 0 aliphatic rings. The van der Waals surface area contributed by atoms with Gasteiger partial charge in [-0.05, 0) is 23.8 Å². The van der Waals surface area contributed by atoms with Crippen molar-refractivity contribution in [2.24, 2.45) is 11.1 Å². The van der Waals surface area contributed by atoms with Crippen molar-refractivity contribution in [3.63, 3.8) is 0 Å². The summed E-state index contributed by atoms with van der Waals surface area (Å²) < 4.78 is 5.17. The van der Waals surface area contributed by atoms with Gasteiger partial charge in [0.15, 0.2) is 5.82 Å². The van der Waals surface area contributed by atoms with E-state index >= 15 is 0 Å². The fourth-order valence-electron chi connectivity index (χ4n) is 1.33. The molecule has 0 bridgehead atoms. The Hall–Kier alpha value is -0.550. The molecule has 4 nitrogen and oxygen atoms in total. The molecule has 16 heavy (non-hydrogen) atoms. The summed E-state index contributed by atoms with van der Waals surface area (Å²) in [6.07, 6.45) is 3.75. The quantitative estimate of drug-likeness (QED) is 0.860. The zero-order valence-electron chi connectivity index (χ0n) is 10.5. The molecule has 0 aromatic carbocycles. The van der Waals surface area contributed by atoms with E-state index in [0.29, 0.717) is 5.89 Å². The molecular formula is C11H21N3OS. The number of rotatable bonds is 5. The lowest BCUT2D eigenvalue weighted by molar-refractivity contribution is 0.338. The Balaban J connectivity index is 2.57. The number of hydrogen-bond acceptors (Lipinski definition) is 5. The van der Waals surface area contributed by atoms with Crippen LogP contribution in [0.2, 0.25) is 0 Å². The summed E-state index contributed by atoms with van der Waals surface area (Å²) in [5.41, 5.74) is 6.12. The molecule has 1 aromatic rings. The highest BCUT2D eigenvalue weighted by Crippen LogP contribution is 2.20. The van der Waals surface area contributed by atoms with E-state index in [1.807, 2.05) is 0 Å². The first-order chi connectivity index (χ1) is 7.42. The van der Waals surface area contributed by atoms with Gasteiger partial charge in [-0.1, -0.05) is 25.9 Å². The second kappa shape index (κ2) is 5.68. The van der Waals surface area contributed by atoms with Crippen molar-refractivity contribution in [3.8, 4) is 0 Å². The van der Waals surface area contributed by atoms with Crippen LogP contribution >= 0.6 is 11.8 Å². The van der Waals surface area contributed by atoms with Gasteiger partial charge in [-0.3, -0.25) is 0 Å². The molecule has 1 rings (SSSR count). The smallest absolute Gasteiger partial charge is 0.243 e. The van der Waals surface area contributed by atoms with Crippen LogP contribution in [0.3, 0.4) is 0 Å². The van der Waals surface area contributed by atoms with Crippen molar-refractivity contribution in [3.05, 3.63) is 11.7 Å². The standard InChI is InChI=1S/C11H21N3OS/c1-11(2,3)7-9-13-10(15-14-9)8(12)5-6-16-4/h8H,5-7,12H2,1-4H3/t8-/m1/s1. The van der Waals surface area contributed by atoms with Gasteiger partial charge in [0.25, 0.3) is 0 Å². The summed E-state index contributed by atoms with van der Waals surface area (Å²) in [4.78, 5) is 4.34. The van der Waals surface area contributed by atoms with Gasteiger partial charge in [-0.25, -0.2) is 0 Å². The second-order valence-electron chi connectivity index (χ2n) is 5.17. The van der Waals surface area contributed by atoms with Gasteiger partial charge < -0.3 is 10.3 Å². The first kappa shape index (κ1) is 13.5. The molecule has 2 N–H and O–H groups in total. The zero-order valence-corrected chi connectivity index (χ0v) is 11.3. The van der Waals surface area contributed by atoms with Crippen molar-refractivity contribution >= 4 is 11.8 Å². The normalized spacial score (nSPS) is 14.1. The van der Waals surface area contributed by atoms with Crippen LogP contribution < -0.4 is 5.73 Å². The fraction of sp³-hybridized carbons (Fsp3) is 0.818. The molecule has 1 heterocycles. The van der Waals surface area contributed by atoms with Crippen LogP contribution in [0.4, 0.5) is 0 Å². The molecule has 0 amide bonds. The van der Waals surface area contributed by atoms with Crippen molar-refractivity contribution in [2.45, 2.75) is 39.7 Å². The molecule has 5 heteroatoms. The van der Waals surface area contributed by atoms with Gasteiger partial charge in [-0.15, -0.1) is 0 Å². The lowest BCUT2D eigenvalue weighted by Gasteiger charge is -2.14. The van der Waals surface area contributed by atoms with Crippen LogP contribution in [0.1, 0.15) is 44.9 Å². The van der Waals surface area contributed by atoms with Crippen LogP contribution in [0.5, 0.6) is 0 Å². The minimum absolute atomic E-state index is 0.131. The van der Waals surface area contributed by atoms with E-state index in [-0.39, 0.29) is 11.5 Å². The van der Waals surface area contributed by atoms with Gasteiger partial charge in [0.1, 0.15) is 0 Å². The molecule has 0 saturated carbocycles. The first-order valence-corrected chi connectivity index (χ1v) is 6.89. The van der Waals surface area contributed by atoms with Gasteiger partial charge in [0, 0.05) is 6.42 Å². The molecule has 0 fully saturated rings. The molecule has 0 spiro atoms. The van der Waals surface area contributed by atoms with E-state index in [0.717, 1.165) is 24.4 Å². The average Bonchev–Trinajstić information content (AvgIpc) is 2.59. The number of nitrogens with zero attached hydrogens (tertiary/aromatic N) is 2. The van der Waals surface area contributed by atoms with Gasteiger partial charge >= 0.3 is 0 Å². The fourth-order valence-corrected chi connectivity index (χ4v) is 1.82. The molecule has 92 valence electrons. The Bertz CT molecular complexity index is 319. The third kappa shape index (κ3) is 4.53. The Labute approximate surface area is 101 Å². The van der Waals surface area contributed by atoms with Crippen LogP contribution in [-0.4, -0.2) is 22.1 Å². The maximum absolute atomic E-state index is 5.95. The maximum Gasteiger partial charge on any atom is 0.243 e. The van der Waals surface area contributed by atoms with Gasteiger partial charge in [0.2, 0.25) is 5.89 Å². The van der Waals surface area contributed by atoms with E-state index in [2.05, 4.69) is 37.2 Å². The Kier molecular flexibility index (Phi) is 4.80. The SMILES string of the molecule is CSCC[C@@H](N)c1nc(CC(C)(C)C)no1. The molecule has 1 aromatic heterocycles. The van der Waals surface area contributed by atoms with E-state index in [1.165, 1.54) is 0 Å². The van der Waals surface area contributed by atoms with E-state index < -0.39 is 0 Å². The van der Waals surface area contributed by atoms with Crippen LogP contribution in [-0.2, 0) is 6.42 Å². The highest BCUT2D eigenvalue weighted by Gasteiger charge is 2.18. The molecule has 0 saturated heterocycles. The molecule has 0 unspecified atom stereocenters. The number of aromatic nitrogens is 2. The monoisotopic (exact) mass is 243 g/mol. The molecule has 0 aliphatic carbocycles. The summed E-state index contributed by atoms with van der Waals surface area (Å²) in [5, 5.41) is 3.96. The molecule has 0 aliphatic heterocycles. The molecular weight excluding hydrogens is 222 g/mol. The zero-order chi connectivity index (χ0) is 12.2. The third-order valence-corrected chi connectivity index (χ3v) is 2.77. The third-order valence-electron chi connectivity index (χ3n) is 2.12. The van der Waals surface area contributed by atoms with Gasteiger partial charge in [-0.2, -0.15) is 16.7 Å². The van der Waals surface area contributed by atoms with Crippen molar-refractivity contribution in [1.29, 1.82) is 0 Å². The summed E-state index contributed by atoms with van der Waals surface area (Å²) in [7, 11) is 0. The number of nitrogens with two attached hydrogens (primary N) is 1. The maximum atomic E-state index is 5.95. The Morgan fingerprint density at radius 2 is 2.12 bits per heavy atom. The largest absolute Gasteiger partial charge is 0.338 e. The topological polar surface area (TPSA) is 64.9 Å². The van der Waals surface area contributed by atoms with E-state index in [4.69, 9.17) is 10.3 Å². The minimum Gasteiger partial charge on any atom is -0.338 e. The molecule has 1 atom stereocenters. The van der Waals surface area contributed by atoms with Crippen LogP contribution in [0, 0.1) is 5.41 Å². The predicted molar refractivity (Wildman–Crippen MR) is 67.4 cm³/mol. The first-order valence-electron chi connectivity index (χ1n) is 5.49. The Morgan fingerprint density at radius 3 is 2.69 bits per heavy atom. The van der Waals surface area contributed by atoms with E-state index in [9.17, 15) is 0 Å². The summed E-state index contributed by atoms with van der Waals surface area (Å²) >= 11 is 1.77. The van der Waals surface area contributed by atoms with Crippen molar-refractivity contribution in [2.75, 3.05) is 12.0 Å². The molecule has 0 radical (unpaired) electrons.